The van der Waals surface area contributed by atoms with Crippen molar-refractivity contribution >= 4 is 34.7 Å². The number of amides is 1. The highest BCUT2D eigenvalue weighted by molar-refractivity contribution is 7.98. The number of fused-ring (bicyclic) bond motifs is 1. The third-order valence-electron chi connectivity index (χ3n) is 6.50. The van der Waals surface area contributed by atoms with Gasteiger partial charge in [-0.3, -0.25) is 14.4 Å². The Hall–Kier alpha value is -3.91. The van der Waals surface area contributed by atoms with Crippen molar-refractivity contribution in [2.75, 3.05) is 18.6 Å². The van der Waals surface area contributed by atoms with Gasteiger partial charge in [-0.15, -0.1) is 0 Å². The normalized spacial score (nSPS) is 16.6. The fraction of sp³-hybridized carbons (Fsp3) is 0.214. The van der Waals surface area contributed by atoms with E-state index in [-0.39, 0.29) is 22.8 Å². The quantitative estimate of drug-likeness (QED) is 0.350. The lowest BCUT2D eigenvalue weighted by atomic mass is 10.0. The topological polar surface area (TPSA) is 101 Å². The van der Waals surface area contributed by atoms with E-state index in [0.717, 1.165) is 28.1 Å². The first-order chi connectivity index (χ1) is 17.5. The average molecular weight is 500 g/mol. The largest absolute Gasteiger partial charge is 0.481 e. The Morgan fingerprint density at radius 3 is 2.64 bits per heavy atom. The fourth-order valence-corrected chi connectivity index (χ4v) is 4.78. The zero-order valence-corrected chi connectivity index (χ0v) is 20.5. The summed E-state index contributed by atoms with van der Waals surface area (Å²) in [5.41, 5.74) is 3.96. The van der Waals surface area contributed by atoms with E-state index >= 15 is 0 Å². The van der Waals surface area contributed by atoms with Crippen molar-refractivity contribution in [2.45, 2.75) is 12.3 Å². The standard InChI is InChI=1S/C28H25N3O4S/c1-36-13-12-30-27(33)24-16-31(26-21(25(24)32)6-3-11-29-26)20-5-2-4-19(14-20)17-7-9-18(10-8-17)22-15-23(22)28(34)35/h2-11,14,16,22-23H,12-13,15H2,1H3,(H,30,33)(H,34,35)/t22-,23+/m0/s1. The second kappa shape index (κ2) is 9.99. The Labute approximate surface area is 212 Å². The second-order valence-corrected chi connectivity index (χ2v) is 9.81. The van der Waals surface area contributed by atoms with E-state index in [1.807, 2.05) is 54.8 Å². The smallest absolute Gasteiger partial charge is 0.307 e. The Balaban J connectivity index is 1.51. The van der Waals surface area contributed by atoms with Crippen LogP contribution >= 0.6 is 11.8 Å². The third-order valence-corrected chi connectivity index (χ3v) is 7.12. The summed E-state index contributed by atoms with van der Waals surface area (Å²) in [6.45, 7) is 0.476. The lowest BCUT2D eigenvalue weighted by Gasteiger charge is -2.14. The van der Waals surface area contributed by atoms with E-state index < -0.39 is 11.9 Å². The number of carbonyl (C=O) groups is 2. The Morgan fingerprint density at radius 1 is 1.11 bits per heavy atom. The summed E-state index contributed by atoms with van der Waals surface area (Å²) >= 11 is 1.62. The van der Waals surface area contributed by atoms with Gasteiger partial charge >= 0.3 is 5.97 Å². The number of thioether (sulfide) groups is 1. The zero-order valence-electron chi connectivity index (χ0n) is 19.7. The third kappa shape index (κ3) is 4.64. The Morgan fingerprint density at radius 2 is 1.92 bits per heavy atom. The number of rotatable bonds is 8. The molecule has 4 aromatic rings. The molecule has 1 aliphatic rings. The number of aromatic nitrogens is 2. The van der Waals surface area contributed by atoms with Crippen LogP contribution in [0.2, 0.25) is 0 Å². The average Bonchev–Trinajstić information content (AvgIpc) is 3.71. The van der Waals surface area contributed by atoms with E-state index in [1.165, 1.54) is 0 Å². The number of hydrogen-bond acceptors (Lipinski definition) is 5. The summed E-state index contributed by atoms with van der Waals surface area (Å²) in [6, 6.07) is 19.2. The number of carbonyl (C=O) groups excluding carboxylic acids is 1. The molecule has 7 nitrogen and oxygen atoms in total. The predicted octanol–water partition coefficient (Wildman–Crippen LogP) is 4.33. The molecule has 0 spiro atoms. The van der Waals surface area contributed by atoms with Crippen LogP contribution in [0, 0.1) is 5.92 Å². The lowest BCUT2D eigenvalue weighted by Crippen LogP contribution is -2.31. The van der Waals surface area contributed by atoms with Crippen molar-refractivity contribution in [1.82, 2.24) is 14.9 Å². The summed E-state index contributed by atoms with van der Waals surface area (Å²) in [5, 5.41) is 12.4. The van der Waals surface area contributed by atoms with Crippen molar-refractivity contribution in [3.63, 3.8) is 0 Å². The maximum absolute atomic E-state index is 13.1. The summed E-state index contributed by atoms with van der Waals surface area (Å²) in [5.74, 6) is -0.585. The molecule has 0 saturated heterocycles. The zero-order chi connectivity index (χ0) is 25.2. The molecule has 182 valence electrons. The molecule has 5 rings (SSSR count). The van der Waals surface area contributed by atoms with Gasteiger partial charge in [0.25, 0.3) is 5.91 Å². The first-order valence-corrected chi connectivity index (χ1v) is 13.1. The molecule has 0 bridgehead atoms. The number of carboxylic acids is 1. The summed E-state index contributed by atoms with van der Waals surface area (Å²) in [4.78, 5) is 41.5. The van der Waals surface area contributed by atoms with Gasteiger partial charge in [-0.1, -0.05) is 36.4 Å². The van der Waals surface area contributed by atoms with E-state index in [1.54, 1.807) is 40.9 Å². The molecule has 1 fully saturated rings. The maximum atomic E-state index is 13.1. The SMILES string of the molecule is CSCCNC(=O)c1cn(-c2cccc(-c3ccc([C@@H]4C[C@H]4C(=O)O)cc3)c2)c2ncccc2c1=O. The number of nitrogens with zero attached hydrogens (tertiary/aromatic N) is 2. The highest BCUT2D eigenvalue weighted by Gasteiger charge is 2.44. The van der Waals surface area contributed by atoms with Gasteiger partial charge in [-0.25, -0.2) is 4.98 Å². The van der Waals surface area contributed by atoms with E-state index in [0.29, 0.717) is 24.0 Å². The molecule has 2 heterocycles. The van der Waals surface area contributed by atoms with Gasteiger partial charge in [-0.05, 0) is 59.6 Å². The Bertz CT molecular complexity index is 1510. The molecule has 0 unspecified atom stereocenters. The molecule has 2 aromatic heterocycles. The minimum absolute atomic E-state index is 0.0729. The number of carboxylic acid groups (broad SMARTS) is 1. The molecule has 8 heteroatoms. The van der Waals surface area contributed by atoms with E-state index in [9.17, 15) is 19.5 Å². The van der Waals surface area contributed by atoms with Crippen LogP contribution in [0.4, 0.5) is 0 Å². The van der Waals surface area contributed by atoms with Gasteiger partial charge in [-0.2, -0.15) is 11.8 Å². The van der Waals surface area contributed by atoms with Crippen molar-refractivity contribution in [2.24, 2.45) is 5.92 Å². The minimum Gasteiger partial charge on any atom is -0.481 e. The van der Waals surface area contributed by atoms with Gasteiger partial charge in [0, 0.05) is 30.4 Å². The van der Waals surface area contributed by atoms with Crippen LogP contribution in [0.25, 0.3) is 27.8 Å². The number of hydrogen-bond donors (Lipinski definition) is 2. The highest BCUT2D eigenvalue weighted by Crippen LogP contribution is 2.47. The molecule has 2 atom stereocenters. The molecule has 2 N–H and O–H groups in total. The van der Waals surface area contributed by atoms with Crippen LogP contribution in [-0.4, -0.2) is 45.1 Å². The number of pyridine rings is 2. The highest BCUT2D eigenvalue weighted by atomic mass is 32.2. The first kappa shape index (κ1) is 23.8. The van der Waals surface area contributed by atoms with Gasteiger partial charge in [0.2, 0.25) is 5.43 Å². The van der Waals surface area contributed by atoms with Gasteiger partial charge in [0.05, 0.1) is 11.3 Å². The number of benzene rings is 2. The molecular formula is C28H25N3O4S. The van der Waals surface area contributed by atoms with E-state index in [2.05, 4.69) is 10.3 Å². The van der Waals surface area contributed by atoms with Crippen LogP contribution in [0.1, 0.15) is 28.3 Å². The van der Waals surface area contributed by atoms with Gasteiger partial charge < -0.3 is 15.0 Å². The first-order valence-electron chi connectivity index (χ1n) is 11.7. The summed E-state index contributed by atoms with van der Waals surface area (Å²) in [7, 11) is 0. The van der Waals surface area contributed by atoms with Crippen LogP contribution in [0.5, 0.6) is 0 Å². The van der Waals surface area contributed by atoms with Crippen LogP contribution in [0.15, 0.2) is 77.9 Å². The van der Waals surface area contributed by atoms with Crippen molar-refractivity contribution in [3.8, 4) is 16.8 Å². The van der Waals surface area contributed by atoms with Crippen LogP contribution in [0.3, 0.4) is 0 Å². The van der Waals surface area contributed by atoms with Gasteiger partial charge in [0.15, 0.2) is 0 Å². The monoisotopic (exact) mass is 499 g/mol. The second-order valence-electron chi connectivity index (χ2n) is 8.82. The Kier molecular flexibility index (Phi) is 6.61. The van der Waals surface area contributed by atoms with Gasteiger partial charge in [0.1, 0.15) is 11.2 Å². The number of aliphatic carboxylic acids is 1. The molecule has 2 aromatic carbocycles. The minimum atomic E-state index is -0.740. The molecule has 1 saturated carbocycles. The molecule has 0 aliphatic heterocycles. The maximum Gasteiger partial charge on any atom is 0.307 e. The molecule has 1 aliphatic carbocycles. The summed E-state index contributed by atoms with van der Waals surface area (Å²) in [6.07, 6.45) is 5.83. The van der Waals surface area contributed by atoms with Crippen LogP contribution in [-0.2, 0) is 4.79 Å². The van der Waals surface area contributed by atoms with Crippen molar-refractivity contribution < 1.29 is 14.7 Å². The van der Waals surface area contributed by atoms with Crippen molar-refractivity contribution in [1.29, 1.82) is 0 Å². The van der Waals surface area contributed by atoms with Crippen LogP contribution < -0.4 is 10.7 Å². The molecule has 1 amide bonds. The molecule has 0 radical (unpaired) electrons. The predicted molar refractivity (Wildman–Crippen MR) is 142 cm³/mol. The van der Waals surface area contributed by atoms with E-state index in [4.69, 9.17) is 0 Å². The number of nitrogens with one attached hydrogen (secondary N) is 1. The molecular weight excluding hydrogens is 474 g/mol. The summed E-state index contributed by atoms with van der Waals surface area (Å²) < 4.78 is 1.78. The van der Waals surface area contributed by atoms with Crippen molar-refractivity contribution in [3.05, 3.63) is 94.4 Å². The lowest BCUT2D eigenvalue weighted by molar-refractivity contribution is -0.138. The molecule has 36 heavy (non-hydrogen) atoms. The fourth-order valence-electron chi connectivity index (χ4n) is 4.47.